The van der Waals surface area contributed by atoms with E-state index < -0.39 is 4.87 Å². The molecule has 1 spiro atoms. The van der Waals surface area contributed by atoms with Crippen LogP contribution in [0, 0.1) is 0 Å². The van der Waals surface area contributed by atoms with Crippen LogP contribution in [-0.4, -0.2) is 34.4 Å². The minimum atomic E-state index is -1.34. The number of nitrogens with one attached hydrogen (secondary N) is 1. The van der Waals surface area contributed by atoms with Gasteiger partial charge in [-0.25, -0.2) is 0 Å². The number of anilines is 1. The van der Waals surface area contributed by atoms with Crippen molar-refractivity contribution in [2.45, 2.75) is 25.1 Å². The molecule has 29 heavy (non-hydrogen) atoms. The molecule has 1 N–H and O–H groups in total. The number of benzene rings is 2. The predicted octanol–water partition coefficient (Wildman–Crippen LogP) is 2.43. The number of amidine groups is 1. The highest BCUT2D eigenvalue weighted by atomic mass is 32.2. The molecule has 0 radical (unpaired) electrons. The fourth-order valence-corrected chi connectivity index (χ4v) is 5.00. The number of fused-ring (bicyclic) bond motifs is 2. The van der Waals surface area contributed by atoms with Crippen molar-refractivity contribution in [2.75, 3.05) is 11.4 Å². The third-order valence-electron chi connectivity index (χ3n) is 4.88. The molecule has 2 aromatic rings. The molecule has 148 valence electrons. The van der Waals surface area contributed by atoms with E-state index in [-0.39, 0.29) is 22.9 Å². The number of hydrazone groups is 1. The number of para-hydroxylation sites is 1. The Morgan fingerprint density at radius 1 is 1.07 bits per heavy atom. The van der Waals surface area contributed by atoms with E-state index in [1.54, 1.807) is 4.90 Å². The van der Waals surface area contributed by atoms with Crippen molar-refractivity contribution >= 4 is 40.3 Å². The summed E-state index contributed by atoms with van der Waals surface area (Å²) in [4.78, 5) is 38.0. The predicted molar refractivity (Wildman–Crippen MR) is 112 cm³/mol. The zero-order valence-corrected chi connectivity index (χ0v) is 16.9. The quantitative estimate of drug-likeness (QED) is 0.846. The van der Waals surface area contributed by atoms with Gasteiger partial charge >= 0.3 is 0 Å². The monoisotopic (exact) mass is 408 g/mol. The van der Waals surface area contributed by atoms with Crippen molar-refractivity contribution in [3.05, 3.63) is 65.7 Å². The van der Waals surface area contributed by atoms with Crippen LogP contribution in [0.15, 0.2) is 59.7 Å². The van der Waals surface area contributed by atoms with Crippen molar-refractivity contribution in [1.29, 1.82) is 0 Å². The number of rotatable bonds is 3. The molecule has 2 aliphatic heterocycles. The van der Waals surface area contributed by atoms with Gasteiger partial charge in [-0.15, -0.1) is 5.10 Å². The summed E-state index contributed by atoms with van der Waals surface area (Å²) in [7, 11) is 0. The molecule has 0 aliphatic carbocycles. The first kappa shape index (κ1) is 19.2. The van der Waals surface area contributed by atoms with Crippen LogP contribution in [0.25, 0.3) is 0 Å². The average molecular weight is 408 g/mol. The number of carbonyl (C=O) groups is 3. The Kier molecular flexibility index (Phi) is 4.87. The topological polar surface area (TPSA) is 82.1 Å². The minimum absolute atomic E-state index is 0.237. The van der Waals surface area contributed by atoms with Gasteiger partial charge in [-0.2, -0.15) is 5.01 Å². The fraction of sp³-hybridized carbons (Fsp3) is 0.238. The van der Waals surface area contributed by atoms with Crippen LogP contribution in [0.4, 0.5) is 5.69 Å². The highest BCUT2D eigenvalue weighted by Gasteiger charge is 2.60. The van der Waals surface area contributed by atoms with Gasteiger partial charge in [0, 0.05) is 26.0 Å². The molecular formula is C21H20N4O3S. The summed E-state index contributed by atoms with van der Waals surface area (Å²) < 4.78 is 0. The second-order valence-corrected chi connectivity index (χ2v) is 8.05. The van der Waals surface area contributed by atoms with E-state index >= 15 is 0 Å². The van der Waals surface area contributed by atoms with Crippen LogP contribution in [0.1, 0.15) is 25.0 Å². The van der Waals surface area contributed by atoms with Gasteiger partial charge in [0.25, 0.3) is 5.91 Å². The lowest BCUT2D eigenvalue weighted by atomic mass is 10.1. The Bertz CT molecular complexity index is 1020. The van der Waals surface area contributed by atoms with Gasteiger partial charge in [0.2, 0.25) is 16.7 Å². The maximum atomic E-state index is 13.7. The number of hydrogen-bond acceptors (Lipinski definition) is 5. The SMILES string of the molecule is CC(=O)NC1=NN(C(C)=O)C2(S1)C(=O)N(CCc1ccccc1)c1ccccc12. The number of hydrogen-bond donors (Lipinski definition) is 1. The molecule has 2 heterocycles. The molecule has 3 amide bonds. The zero-order valence-electron chi connectivity index (χ0n) is 16.1. The van der Waals surface area contributed by atoms with Gasteiger partial charge < -0.3 is 10.2 Å². The van der Waals surface area contributed by atoms with Crippen LogP contribution < -0.4 is 10.2 Å². The second-order valence-electron chi connectivity index (χ2n) is 6.87. The summed E-state index contributed by atoms with van der Waals surface area (Å²) in [6.45, 7) is 3.21. The largest absolute Gasteiger partial charge is 0.308 e. The van der Waals surface area contributed by atoms with Gasteiger partial charge in [0.15, 0.2) is 5.17 Å². The van der Waals surface area contributed by atoms with E-state index in [1.165, 1.54) is 18.9 Å². The van der Waals surface area contributed by atoms with Crippen molar-refractivity contribution in [1.82, 2.24) is 10.3 Å². The third-order valence-corrected chi connectivity index (χ3v) is 6.12. The molecule has 2 aliphatic rings. The molecule has 0 fully saturated rings. The Morgan fingerprint density at radius 3 is 2.45 bits per heavy atom. The lowest BCUT2D eigenvalue weighted by Gasteiger charge is -2.29. The highest BCUT2D eigenvalue weighted by molar-refractivity contribution is 8.15. The minimum Gasteiger partial charge on any atom is -0.308 e. The molecular weight excluding hydrogens is 388 g/mol. The highest BCUT2D eigenvalue weighted by Crippen LogP contribution is 2.54. The number of thioether (sulfide) groups is 1. The fourth-order valence-electron chi connectivity index (χ4n) is 3.67. The maximum absolute atomic E-state index is 13.7. The normalized spacial score (nSPS) is 20.1. The van der Waals surface area contributed by atoms with Crippen LogP contribution in [-0.2, 0) is 25.7 Å². The lowest BCUT2D eigenvalue weighted by molar-refractivity contribution is -0.139. The molecule has 1 unspecified atom stereocenters. The Hall–Kier alpha value is -3.13. The number of nitrogens with zero attached hydrogens (tertiary/aromatic N) is 3. The van der Waals surface area contributed by atoms with E-state index in [4.69, 9.17) is 0 Å². The molecule has 0 aromatic heterocycles. The van der Waals surface area contributed by atoms with Crippen molar-refractivity contribution < 1.29 is 14.4 Å². The van der Waals surface area contributed by atoms with Crippen LogP contribution in [0.3, 0.4) is 0 Å². The van der Waals surface area contributed by atoms with Crippen LogP contribution in [0.2, 0.25) is 0 Å². The number of carbonyl (C=O) groups excluding carboxylic acids is 3. The van der Waals surface area contributed by atoms with E-state index in [2.05, 4.69) is 10.4 Å². The van der Waals surface area contributed by atoms with E-state index in [9.17, 15) is 14.4 Å². The average Bonchev–Trinajstić information content (AvgIpc) is 3.18. The van der Waals surface area contributed by atoms with Crippen molar-refractivity contribution in [3.8, 4) is 0 Å². The maximum Gasteiger partial charge on any atom is 0.270 e. The van der Waals surface area contributed by atoms with Gasteiger partial charge in [-0.3, -0.25) is 14.4 Å². The first-order chi connectivity index (χ1) is 13.9. The number of amides is 3. The molecule has 8 heteroatoms. The summed E-state index contributed by atoms with van der Waals surface area (Å²) in [5.74, 6) is -0.915. The summed E-state index contributed by atoms with van der Waals surface area (Å²) in [5.41, 5.74) is 2.57. The van der Waals surface area contributed by atoms with Crippen LogP contribution in [0.5, 0.6) is 0 Å². The van der Waals surface area contributed by atoms with Gasteiger partial charge in [-0.1, -0.05) is 48.5 Å². The second kappa shape index (κ2) is 7.36. The first-order valence-corrected chi connectivity index (χ1v) is 10.1. The van der Waals surface area contributed by atoms with Crippen LogP contribution >= 0.6 is 11.8 Å². The molecule has 1 atom stereocenters. The van der Waals surface area contributed by atoms with Gasteiger partial charge in [0.1, 0.15) is 0 Å². The first-order valence-electron chi connectivity index (χ1n) is 9.25. The summed E-state index contributed by atoms with van der Waals surface area (Å²) in [6, 6.07) is 17.3. The molecule has 7 nitrogen and oxygen atoms in total. The third kappa shape index (κ3) is 3.19. The summed E-state index contributed by atoms with van der Waals surface area (Å²) >= 11 is 1.09. The van der Waals surface area contributed by atoms with E-state index in [0.717, 1.165) is 23.0 Å². The zero-order chi connectivity index (χ0) is 20.6. The van der Waals surface area contributed by atoms with Gasteiger partial charge in [-0.05, 0) is 29.8 Å². The lowest BCUT2D eigenvalue weighted by Crippen LogP contribution is -2.48. The Morgan fingerprint density at radius 2 is 1.76 bits per heavy atom. The van der Waals surface area contributed by atoms with Crippen molar-refractivity contribution in [3.63, 3.8) is 0 Å². The molecule has 2 aromatic carbocycles. The molecule has 0 saturated carbocycles. The Balaban J connectivity index is 1.72. The molecule has 0 saturated heterocycles. The molecule has 4 rings (SSSR count). The molecule has 0 bridgehead atoms. The standard InChI is InChI=1S/C21H20N4O3S/c1-14(26)22-20-23-25(15(2)27)21(29-20)17-10-6-7-11-18(17)24(19(21)28)13-12-16-8-4-3-5-9-16/h3-11H,12-13H2,1-2H3,(H,22,23,26). The van der Waals surface area contributed by atoms with E-state index in [1.807, 2.05) is 54.6 Å². The smallest absolute Gasteiger partial charge is 0.270 e. The van der Waals surface area contributed by atoms with Crippen molar-refractivity contribution in [2.24, 2.45) is 5.10 Å². The Labute approximate surface area is 172 Å². The van der Waals surface area contributed by atoms with Gasteiger partial charge in [0.05, 0.1) is 5.69 Å². The summed E-state index contributed by atoms with van der Waals surface area (Å²) in [5, 5.41) is 8.28. The van der Waals surface area contributed by atoms with E-state index in [0.29, 0.717) is 18.5 Å². The summed E-state index contributed by atoms with van der Waals surface area (Å²) in [6.07, 6.45) is 0.682.